The van der Waals surface area contributed by atoms with Crippen molar-refractivity contribution in [3.63, 3.8) is 0 Å². The van der Waals surface area contributed by atoms with E-state index in [1.165, 1.54) is 60.6 Å². The van der Waals surface area contributed by atoms with Gasteiger partial charge in [0, 0.05) is 35.5 Å². The number of carbonyl (C=O) groups is 1. The number of carbonyl (C=O) groups excluding carboxylic acids is 1. The van der Waals surface area contributed by atoms with Crippen LogP contribution in [0.25, 0.3) is 12.2 Å². The number of nitrogens with one attached hydrogen (secondary N) is 2. The van der Waals surface area contributed by atoms with Crippen LogP contribution in [0, 0.1) is 5.92 Å². The molecule has 0 aromatic carbocycles. The Hall–Kier alpha value is -1.95. The minimum absolute atomic E-state index is 0.143. The summed E-state index contributed by atoms with van der Waals surface area (Å²) in [6, 6.07) is 0. The van der Waals surface area contributed by atoms with Gasteiger partial charge in [0.15, 0.2) is 0 Å². The van der Waals surface area contributed by atoms with Crippen LogP contribution in [-0.4, -0.2) is 54.9 Å². The Morgan fingerprint density at radius 2 is 1.70 bits per heavy atom. The van der Waals surface area contributed by atoms with Gasteiger partial charge in [-0.25, -0.2) is 0 Å². The number of likely N-dealkylation sites (tertiary alicyclic amines) is 1. The van der Waals surface area contributed by atoms with Gasteiger partial charge in [-0.3, -0.25) is 0 Å². The molecular formula is C35H64N4O. The Labute approximate surface area is 247 Å². The number of hydrogen-bond donors (Lipinski definition) is 3. The van der Waals surface area contributed by atoms with Gasteiger partial charge in [-0.05, 0) is 88.9 Å². The van der Waals surface area contributed by atoms with E-state index in [1.54, 1.807) is 11.6 Å². The van der Waals surface area contributed by atoms with Crippen LogP contribution in [0.15, 0.2) is 24.3 Å². The van der Waals surface area contributed by atoms with Crippen LogP contribution in [-0.2, 0) is 16.6 Å². The molecule has 0 spiro atoms. The molecule has 1 aromatic rings. The lowest BCUT2D eigenvalue weighted by Crippen LogP contribution is -2.50. The molecule has 2 atom stereocenters. The summed E-state index contributed by atoms with van der Waals surface area (Å²) in [7, 11) is 2.26. The van der Waals surface area contributed by atoms with Crippen molar-refractivity contribution < 1.29 is 4.79 Å². The smallest absolute Gasteiger partial charge is 0.122 e. The van der Waals surface area contributed by atoms with Gasteiger partial charge in [0.1, 0.15) is 6.29 Å². The molecule has 2 heterocycles. The highest BCUT2D eigenvalue weighted by Crippen LogP contribution is 2.36. The number of aldehydes is 1. The largest absolute Gasteiger partial charge is 0.358 e. The Balaban J connectivity index is 0.000000999. The molecule has 1 aliphatic heterocycles. The molecule has 40 heavy (non-hydrogen) atoms. The van der Waals surface area contributed by atoms with E-state index in [9.17, 15) is 4.79 Å². The van der Waals surface area contributed by atoms with Crippen molar-refractivity contribution in [1.29, 1.82) is 0 Å². The van der Waals surface area contributed by atoms with Gasteiger partial charge in [-0.1, -0.05) is 79.2 Å². The van der Waals surface area contributed by atoms with Crippen LogP contribution in [0.5, 0.6) is 0 Å². The molecule has 1 saturated heterocycles. The second-order valence-electron chi connectivity index (χ2n) is 11.1. The number of allylic oxidation sites excluding steroid dienone is 1. The van der Waals surface area contributed by atoms with Gasteiger partial charge >= 0.3 is 0 Å². The molecule has 2 aliphatic carbocycles. The number of nitrogens with zero attached hydrogens (tertiary/aromatic N) is 1. The van der Waals surface area contributed by atoms with E-state index in [0.717, 1.165) is 38.6 Å². The van der Waals surface area contributed by atoms with Crippen LogP contribution in [0.4, 0.5) is 0 Å². The number of aromatic nitrogens is 1. The summed E-state index contributed by atoms with van der Waals surface area (Å²) >= 11 is 0. The number of rotatable bonds is 9. The number of aryl methyl sites for hydroxylation is 1. The molecule has 4 rings (SSSR count). The van der Waals surface area contributed by atoms with E-state index in [4.69, 9.17) is 5.73 Å². The third-order valence-electron chi connectivity index (χ3n) is 7.72. The SMILES string of the molecule is C=CC.CC.CC.CCC(C)C=O.CCCc1[nH]c2c(c1C1(CNCC3=CC3(C)N)CCN(C)CC1)=CCCC=2. The molecule has 0 bridgehead atoms. The van der Waals surface area contributed by atoms with E-state index < -0.39 is 0 Å². The van der Waals surface area contributed by atoms with Gasteiger partial charge in [0.25, 0.3) is 0 Å². The van der Waals surface area contributed by atoms with E-state index >= 15 is 0 Å². The second kappa shape index (κ2) is 20.0. The molecule has 230 valence electrons. The Kier molecular flexibility index (Phi) is 19.0. The molecule has 1 aromatic heterocycles. The lowest BCUT2D eigenvalue weighted by atomic mass is 9.71. The minimum atomic E-state index is -0.143. The quantitative estimate of drug-likeness (QED) is 0.257. The molecule has 0 amide bonds. The van der Waals surface area contributed by atoms with Crippen molar-refractivity contribution in [2.24, 2.45) is 11.7 Å². The van der Waals surface area contributed by atoms with Crippen LogP contribution < -0.4 is 21.6 Å². The molecule has 0 radical (unpaired) electrons. The van der Waals surface area contributed by atoms with Crippen LogP contribution in [0.2, 0.25) is 0 Å². The summed E-state index contributed by atoms with van der Waals surface area (Å²) in [6.45, 7) is 25.9. The Morgan fingerprint density at radius 1 is 1.15 bits per heavy atom. The van der Waals surface area contributed by atoms with E-state index in [2.05, 4.69) is 60.9 Å². The number of nitrogens with two attached hydrogens (primary N) is 1. The lowest BCUT2D eigenvalue weighted by Gasteiger charge is -2.42. The molecule has 3 aliphatic rings. The zero-order valence-electron chi connectivity index (χ0n) is 27.9. The molecule has 5 heteroatoms. The van der Waals surface area contributed by atoms with Crippen molar-refractivity contribution >= 4 is 18.4 Å². The third kappa shape index (κ3) is 11.5. The zero-order chi connectivity index (χ0) is 30.8. The highest BCUT2D eigenvalue weighted by molar-refractivity contribution is 5.52. The lowest BCUT2D eigenvalue weighted by molar-refractivity contribution is -0.110. The maximum atomic E-state index is 9.74. The first-order valence-corrected chi connectivity index (χ1v) is 16.0. The summed E-state index contributed by atoms with van der Waals surface area (Å²) in [5.74, 6) is 0.255. The number of hydrogen-bond acceptors (Lipinski definition) is 4. The highest BCUT2D eigenvalue weighted by Gasteiger charge is 2.40. The van der Waals surface area contributed by atoms with Gasteiger partial charge in [0.05, 0.1) is 5.54 Å². The fourth-order valence-electron chi connectivity index (χ4n) is 5.12. The van der Waals surface area contributed by atoms with Crippen molar-refractivity contribution in [3.05, 3.63) is 46.1 Å². The predicted molar refractivity (Wildman–Crippen MR) is 178 cm³/mol. The van der Waals surface area contributed by atoms with Crippen LogP contribution in [0.1, 0.15) is 112 Å². The summed E-state index contributed by atoms with van der Waals surface area (Å²) in [5.41, 5.74) is 10.7. The Morgan fingerprint density at radius 3 is 2.15 bits per heavy atom. The van der Waals surface area contributed by atoms with Gasteiger partial charge in [0.2, 0.25) is 0 Å². The fourth-order valence-corrected chi connectivity index (χ4v) is 5.12. The zero-order valence-corrected chi connectivity index (χ0v) is 27.9. The molecule has 1 fully saturated rings. The summed E-state index contributed by atoms with van der Waals surface area (Å²) in [6.07, 6.45) is 17.9. The summed E-state index contributed by atoms with van der Waals surface area (Å²) in [5, 5.41) is 6.67. The maximum absolute atomic E-state index is 9.74. The average Bonchev–Trinajstić information content (AvgIpc) is 3.41. The van der Waals surface area contributed by atoms with Crippen LogP contribution >= 0.6 is 0 Å². The maximum Gasteiger partial charge on any atom is 0.122 e. The molecule has 4 N–H and O–H groups in total. The standard InChI is InChI=1S/C23H36N4.C5H10O.C3H6.2C2H6/c1-4-7-20-21(18-8-5-6-9-19(18)26-20)23(10-12-27(3)13-11-23)16-25-15-17-14-22(17,2)24;1-3-5(2)4-6;1-3-2;2*1-2/h8-9,14,25-26H,4-7,10-13,15-16,24H2,1-3H3;4-5H,3H2,1-2H3;3H,1H2,2H3;2*1-2H3. The first kappa shape index (κ1) is 38.0. The summed E-state index contributed by atoms with van der Waals surface area (Å²) < 4.78 is 0. The van der Waals surface area contributed by atoms with Crippen molar-refractivity contribution in [2.75, 3.05) is 33.2 Å². The van der Waals surface area contributed by atoms with Crippen molar-refractivity contribution in [2.45, 2.75) is 118 Å². The van der Waals surface area contributed by atoms with Gasteiger partial charge < -0.3 is 25.7 Å². The Bertz CT molecular complexity index is 993. The van der Waals surface area contributed by atoms with E-state index in [-0.39, 0.29) is 16.9 Å². The highest BCUT2D eigenvalue weighted by atomic mass is 16.1. The molecule has 5 nitrogen and oxygen atoms in total. The number of piperidine rings is 1. The number of fused-ring (bicyclic) bond motifs is 1. The van der Waals surface area contributed by atoms with E-state index in [0.29, 0.717) is 0 Å². The van der Waals surface area contributed by atoms with Gasteiger partial charge in [-0.15, -0.1) is 6.58 Å². The first-order chi connectivity index (χ1) is 19.2. The van der Waals surface area contributed by atoms with E-state index in [1.807, 2.05) is 48.5 Å². The fraction of sp³-hybridized carbons (Fsp3) is 0.686. The average molecular weight is 557 g/mol. The monoisotopic (exact) mass is 557 g/mol. The molecule has 0 saturated carbocycles. The van der Waals surface area contributed by atoms with Crippen molar-refractivity contribution in [1.82, 2.24) is 15.2 Å². The third-order valence-corrected chi connectivity index (χ3v) is 7.72. The topological polar surface area (TPSA) is 74.1 Å². The molecular weight excluding hydrogens is 492 g/mol. The van der Waals surface area contributed by atoms with Crippen LogP contribution in [0.3, 0.4) is 0 Å². The first-order valence-electron chi connectivity index (χ1n) is 16.0. The number of H-pyrrole nitrogens is 1. The number of aromatic amines is 1. The van der Waals surface area contributed by atoms with Crippen molar-refractivity contribution in [3.8, 4) is 0 Å². The van der Waals surface area contributed by atoms with Gasteiger partial charge in [-0.2, -0.15) is 0 Å². The normalized spacial score (nSPS) is 20.7. The summed E-state index contributed by atoms with van der Waals surface area (Å²) in [4.78, 5) is 16.0. The minimum Gasteiger partial charge on any atom is -0.358 e. The second-order valence-corrected chi connectivity index (χ2v) is 11.1. The predicted octanol–water partition coefficient (Wildman–Crippen LogP) is 6.01. The molecule has 2 unspecified atom stereocenters.